The van der Waals surface area contributed by atoms with Crippen LogP contribution in [0, 0.1) is 0 Å². The quantitative estimate of drug-likeness (QED) is 0.386. The Kier molecular flexibility index (Phi) is 6.78. The van der Waals surface area contributed by atoms with Crippen molar-refractivity contribution in [3.8, 4) is 0 Å². The van der Waals surface area contributed by atoms with E-state index in [0.29, 0.717) is 0 Å². The minimum atomic E-state index is -1.37. The van der Waals surface area contributed by atoms with Crippen molar-refractivity contribution >= 4 is 24.2 Å². The van der Waals surface area contributed by atoms with Crippen molar-refractivity contribution in [3.63, 3.8) is 0 Å². The third-order valence-corrected chi connectivity index (χ3v) is 2.97. The lowest BCUT2D eigenvalue weighted by Crippen LogP contribution is -2.22. The molecular formula is C10H21BrOSi. The maximum atomic E-state index is 5.65. The summed E-state index contributed by atoms with van der Waals surface area (Å²) in [4.78, 5) is 0. The molecule has 0 heterocycles. The van der Waals surface area contributed by atoms with Gasteiger partial charge in [-0.15, -0.1) is 0 Å². The predicted molar refractivity (Wildman–Crippen MR) is 65.6 cm³/mol. The van der Waals surface area contributed by atoms with Gasteiger partial charge in [-0.3, -0.25) is 0 Å². The number of hydrogen-bond acceptors (Lipinski definition) is 1. The summed E-state index contributed by atoms with van der Waals surface area (Å²) in [7, 11) is -1.37. The molecule has 0 radical (unpaired) electrons. The van der Waals surface area contributed by atoms with Crippen LogP contribution >= 0.6 is 15.9 Å². The Morgan fingerprint density at radius 1 is 1.31 bits per heavy atom. The van der Waals surface area contributed by atoms with Crippen LogP contribution in [-0.2, 0) is 4.43 Å². The zero-order valence-corrected chi connectivity index (χ0v) is 11.8. The Morgan fingerprint density at radius 2 is 1.92 bits per heavy atom. The van der Waals surface area contributed by atoms with Gasteiger partial charge in [0.2, 0.25) is 8.32 Å². The maximum absolute atomic E-state index is 5.65. The standard InChI is InChI=1S/C10H21BrOSi/c1-5-6-7-8-10(11)9-12-13(2,3)4/h9H,5-8H2,1-4H3/b10-9-. The first-order valence-electron chi connectivity index (χ1n) is 4.98. The van der Waals surface area contributed by atoms with E-state index in [1.54, 1.807) is 0 Å². The highest BCUT2D eigenvalue weighted by Crippen LogP contribution is 2.16. The molecule has 78 valence electrons. The zero-order chi connectivity index (χ0) is 10.3. The van der Waals surface area contributed by atoms with Crippen molar-refractivity contribution in [3.05, 3.63) is 10.7 Å². The van der Waals surface area contributed by atoms with E-state index >= 15 is 0 Å². The molecule has 0 aliphatic heterocycles. The molecule has 3 heteroatoms. The molecule has 0 fully saturated rings. The number of rotatable bonds is 6. The highest BCUT2D eigenvalue weighted by molar-refractivity contribution is 9.11. The van der Waals surface area contributed by atoms with Gasteiger partial charge in [0.25, 0.3) is 0 Å². The van der Waals surface area contributed by atoms with Gasteiger partial charge in [-0.2, -0.15) is 0 Å². The molecule has 0 aliphatic carbocycles. The van der Waals surface area contributed by atoms with Crippen LogP contribution < -0.4 is 0 Å². The lowest BCUT2D eigenvalue weighted by molar-refractivity contribution is 0.475. The Morgan fingerprint density at radius 3 is 2.38 bits per heavy atom. The van der Waals surface area contributed by atoms with E-state index in [-0.39, 0.29) is 0 Å². The van der Waals surface area contributed by atoms with Gasteiger partial charge >= 0.3 is 0 Å². The predicted octanol–water partition coefficient (Wildman–Crippen LogP) is 4.65. The minimum Gasteiger partial charge on any atom is -0.549 e. The smallest absolute Gasteiger partial charge is 0.241 e. The van der Waals surface area contributed by atoms with E-state index in [4.69, 9.17) is 4.43 Å². The van der Waals surface area contributed by atoms with Gasteiger partial charge in [-0.25, -0.2) is 0 Å². The summed E-state index contributed by atoms with van der Waals surface area (Å²) in [5, 5.41) is 0. The van der Waals surface area contributed by atoms with Crippen LogP contribution in [0.5, 0.6) is 0 Å². The van der Waals surface area contributed by atoms with Crippen LogP contribution in [0.25, 0.3) is 0 Å². The van der Waals surface area contributed by atoms with Crippen molar-refractivity contribution in [2.24, 2.45) is 0 Å². The van der Waals surface area contributed by atoms with Crippen LogP contribution in [0.4, 0.5) is 0 Å². The molecule has 0 saturated carbocycles. The monoisotopic (exact) mass is 264 g/mol. The summed E-state index contributed by atoms with van der Waals surface area (Å²) in [6, 6.07) is 0. The lowest BCUT2D eigenvalue weighted by Gasteiger charge is -2.15. The molecule has 0 N–H and O–H groups in total. The lowest BCUT2D eigenvalue weighted by atomic mass is 10.2. The average molecular weight is 265 g/mol. The van der Waals surface area contributed by atoms with Crippen molar-refractivity contribution in [1.29, 1.82) is 0 Å². The second-order valence-corrected chi connectivity index (χ2v) is 9.73. The Hall–Kier alpha value is 0.237. The third kappa shape index (κ3) is 10.2. The molecule has 0 rings (SSSR count). The molecule has 0 atom stereocenters. The van der Waals surface area contributed by atoms with Crippen LogP contribution in [-0.4, -0.2) is 8.32 Å². The normalized spacial score (nSPS) is 13.2. The summed E-state index contributed by atoms with van der Waals surface area (Å²) in [5.41, 5.74) is 0. The van der Waals surface area contributed by atoms with E-state index in [1.165, 1.54) is 23.7 Å². The largest absolute Gasteiger partial charge is 0.549 e. The summed E-state index contributed by atoms with van der Waals surface area (Å²) in [6.45, 7) is 8.79. The van der Waals surface area contributed by atoms with E-state index in [2.05, 4.69) is 42.5 Å². The topological polar surface area (TPSA) is 9.23 Å². The number of halogens is 1. The molecule has 0 aromatic heterocycles. The summed E-state index contributed by atoms with van der Waals surface area (Å²) >= 11 is 3.52. The molecule has 0 amide bonds. The summed E-state index contributed by atoms with van der Waals surface area (Å²) in [6.07, 6.45) is 6.83. The summed E-state index contributed by atoms with van der Waals surface area (Å²) < 4.78 is 6.85. The van der Waals surface area contributed by atoms with Crippen molar-refractivity contribution in [2.45, 2.75) is 52.2 Å². The fourth-order valence-electron chi connectivity index (χ4n) is 0.844. The molecule has 0 spiro atoms. The molecule has 1 nitrogen and oxygen atoms in total. The second-order valence-electron chi connectivity index (χ2n) is 4.25. The first-order chi connectivity index (χ1) is 5.95. The molecule has 13 heavy (non-hydrogen) atoms. The number of unbranched alkanes of at least 4 members (excludes halogenated alkanes) is 2. The molecule has 0 unspecified atom stereocenters. The Bertz CT molecular complexity index is 161. The SMILES string of the molecule is CCCCC/C(Br)=C/O[Si](C)(C)C. The summed E-state index contributed by atoms with van der Waals surface area (Å²) in [5.74, 6) is 0. The Balaban J connectivity index is 3.63. The van der Waals surface area contributed by atoms with E-state index < -0.39 is 8.32 Å². The van der Waals surface area contributed by atoms with Crippen molar-refractivity contribution in [2.75, 3.05) is 0 Å². The van der Waals surface area contributed by atoms with Gasteiger partial charge in [0, 0.05) is 4.48 Å². The fraction of sp³-hybridized carbons (Fsp3) is 0.800. The fourth-order valence-corrected chi connectivity index (χ4v) is 1.89. The van der Waals surface area contributed by atoms with Gasteiger partial charge < -0.3 is 4.43 Å². The van der Waals surface area contributed by atoms with Crippen molar-refractivity contribution < 1.29 is 4.43 Å². The average Bonchev–Trinajstić information content (AvgIpc) is 2.00. The van der Waals surface area contributed by atoms with E-state index in [9.17, 15) is 0 Å². The maximum Gasteiger partial charge on any atom is 0.241 e. The van der Waals surface area contributed by atoms with Gasteiger partial charge in [0.05, 0.1) is 6.26 Å². The van der Waals surface area contributed by atoms with Crippen LogP contribution in [0.1, 0.15) is 32.6 Å². The van der Waals surface area contributed by atoms with Crippen LogP contribution in [0.2, 0.25) is 19.6 Å². The number of hydrogen-bond donors (Lipinski definition) is 0. The Labute approximate surface area is 91.8 Å². The minimum absolute atomic E-state index is 1.11. The third-order valence-electron chi connectivity index (χ3n) is 1.56. The van der Waals surface area contributed by atoms with E-state index in [0.717, 1.165) is 6.42 Å². The molecule has 0 aromatic carbocycles. The molecule has 0 aliphatic rings. The second kappa shape index (κ2) is 6.66. The van der Waals surface area contributed by atoms with Crippen LogP contribution in [0.15, 0.2) is 10.7 Å². The molecule has 0 bridgehead atoms. The number of allylic oxidation sites excluding steroid dienone is 1. The van der Waals surface area contributed by atoms with E-state index in [1.807, 2.05) is 6.26 Å². The highest BCUT2D eigenvalue weighted by atomic mass is 79.9. The molecule has 0 saturated heterocycles. The van der Waals surface area contributed by atoms with Crippen LogP contribution in [0.3, 0.4) is 0 Å². The highest BCUT2D eigenvalue weighted by Gasteiger charge is 2.13. The molecular weight excluding hydrogens is 244 g/mol. The molecule has 0 aromatic rings. The first kappa shape index (κ1) is 13.2. The van der Waals surface area contributed by atoms with Gasteiger partial charge in [0.1, 0.15) is 0 Å². The van der Waals surface area contributed by atoms with Gasteiger partial charge in [-0.05, 0) is 32.5 Å². The van der Waals surface area contributed by atoms with Gasteiger partial charge in [0.15, 0.2) is 0 Å². The zero-order valence-electron chi connectivity index (χ0n) is 9.19. The van der Waals surface area contributed by atoms with Gasteiger partial charge in [-0.1, -0.05) is 35.7 Å². The van der Waals surface area contributed by atoms with Crippen molar-refractivity contribution in [1.82, 2.24) is 0 Å². The first-order valence-corrected chi connectivity index (χ1v) is 9.18.